The predicted molar refractivity (Wildman–Crippen MR) is 51.5 cm³/mol. The summed E-state index contributed by atoms with van der Waals surface area (Å²) in [5.74, 6) is 0. The van der Waals surface area contributed by atoms with E-state index in [0.29, 0.717) is 0 Å². The molecule has 0 aromatic rings. The summed E-state index contributed by atoms with van der Waals surface area (Å²) in [7, 11) is 3.03. The highest BCUT2D eigenvalue weighted by Crippen LogP contribution is 2.39. The lowest BCUT2D eigenvalue weighted by atomic mass is 10.7. The van der Waals surface area contributed by atoms with Gasteiger partial charge in [0.05, 0.1) is 8.07 Å². The SMILES string of the molecule is C[Si](C)(C)C1C=CSS1. The van der Waals surface area contributed by atoms with Gasteiger partial charge in [-0.2, -0.15) is 0 Å². The van der Waals surface area contributed by atoms with E-state index in [0.717, 1.165) is 4.87 Å². The number of hydrogen-bond acceptors (Lipinski definition) is 2. The second-order valence-corrected chi connectivity index (χ2v) is 11.4. The third kappa shape index (κ3) is 2.06. The van der Waals surface area contributed by atoms with Crippen molar-refractivity contribution in [2.24, 2.45) is 0 Å². The van der Waals surface area contributed by atoms with Gasteiger partial charge in [0.1, 0.15) is 0 Å². The average Bonchev–Trinajstić information content (AvgIpc) is 2.08. The largest absolute Gasteiger partial charge is 0.0852 e. The Bertz CT molecular complexity index is 126. The van der Waals surface area contributed by atoms with Crippen LogP contribution in [0.1, 0.15) is 0 Å². The first-order chi connectivity index (χ1) is 4.11. The third-order valence-electron chi connectivity index (χ3n) is 1.32. The Balaban J connectivity index is 2.53. The van der Waals surface area contributed by atoms with Crippen LogP contribution in [-0.2, 0) is 0 Å². The van der Waals surface area contributed by atoms with Crippen molar-refractivity contribution >= 4 is 29.7 Å². The molecule has 0 radical (unpaired) electrons. The van der Waals surface area contributed by atoms with Gasteiger partial charge in [0, 0.05) is 4.87 Å². The van der Waals surface area contributed by atoms with Crippen LogP contribution < -0.4 is 0 Å². The minimum Gasteiger partial charge on any atom is -0.0852 e. The molecule has 52 valence electrons. The van der Waals surface area contributed by atoms with Crippen LogP contribution in [0.5, 0.6) is 0 Å². The number of rotatable bonds is 1. The van der Waals surface area contributed by atoms with Gasteiger partial charge >= 0.3 is 0 Å². The predicted octanol–water partition coefficient (Wildman–Crippen LogP) is 3.14. The van der Waals surface area contributed by atoms with Gasteiger partial charge in [-0.25, -0.2) is 0 Å². The monoisotopic (exact) mass is 176 g/mol. The summed E-state index contributed by atoms with van der Waals surface area (Å²) >= 11 is 0. The van der Waals surface area contributed by atoms with Gasteiger partial charge in [-0.1, -0.05) is 47.3 Å². The van der Waals surface area contributed by atoms with Crippen molar-refractivity contribution < 1.29 is 0 Å². The maximum atomic E-state index is 2.42. The molecule has 1 rings (SSSR count). The fourth-order valence-electron chi connectivity index (χ4n) is 0.660. The molecule has 1 aliphatic rings. The Labute approximate surface area is 65.9 Å². The van der Waals surface area contributed by atoms with Crippen LogP contribution in [0.25, 0.3) is 0 Å². The highest BCUT2D eigenvalue weighted by Gasteiger charge is 2.27. The molecule has 0 aromatic heterocycles. The molecule has 0 bridgehead atoms. The van der Waals surface area contributed by atoms with Crippen molar-refractivity contribution in [1.82, 2.24) is 0 Å². The van der Waals surface area contributed by atoms with Crippen molar-refractivity contribution in [3.63, 3.8) is 0 Å². The van der Waals surface area contributed by atoms with Gasteiger partial charge in [0.2, 0.25) is 0 Å². The lowest BCUT2D eigenvalue weighted by molar-refractivity contribution is 1.47. The molecular weight excluding hydrogens is 164 g/mol. The fraction of sp³-hybridized carbons (Fsp3) is 0.667. The quantitative estimate of drug-likeness (QED) is 0.445. The Morgan fingerprint density at radius 3 is 2.22 bits per heavy atom. The zero-order valence-corrected chi connectivity index (χ0v) is 8.68. The van der Waals surface area contributed by atoms with Crippen LogP contribution >= 0.6 is 21.6 Å². The van der Waals surface area contributed by atoms with Crippen molar-refractivity contribution in [3.05, 3.63) is 11.5 Å². The smallest absolute Gasteiger partial charge is 0.0646 e. The fourth-order valence-corrected chi connectivity index (χ4v) is 7.31. The molecule has 1 atom stereocenters. The normalized spacial score (nSPS) is 27.2. The standard InChI is InChI=1S/C6H12S2Si/c1-9(2,3)6-4-5-7-8-6/h4-6H,1-3H3. The minimum absolute atomic E-state index is 0.850. The van der Waals surface area contributed by atoms with Gasteiger partial charge in [0.15, 0.2) is 0 Å². The summed E-state index contributed by atoms with van der Waals surface area (Å²) < 4.78 is 0. The third-order valence-corrected chi connectivity index (χ3v) is 8.24. The highest BCUT2D eigenvalue weighted by molar-refractivity contribution is 8.78. The molecule has 0 N–H and O–H groups in total. The Hall–Kier alpha value is 0.657. The molecule has 9 heavy (non-hydrogen) atoms. The van der Waals surface area contributed by atoms with Crippen LogP contribution in [-0.4, -0.2) is 12.9 Å². The molecule has 0 nitrogen and oxygen atoms in total. The summed E-state index contributed by atoms with van der Waals surface area (Å²) in [6, 6.07) is 0. The number of hydrogen-bond donors (Lipinski definition) is 0. The lowest BCUT2D eigenvalue weighted by Crippen LogP contribution is -2.32. The lowest BCUT2D eigenvalue weighted by Gasteiger charge is -2.20. The maximum Gasteiger partial charge on any atom is 0.0646 e. The zero-order valence-electron chi connectivity index (χ0n) is 6.05. The van der Waals surface area contributed by atoms with E-state index in [1.807, 2.05) is 21.6 Å². The second-order valence-electron chi connectivity index (χ2n) is 3.31. The van der Waals surface area contributed by atoms with Crippen molar-refractivity contribution in [2.45, 2.75) is 24.5 Å². The summed E-state index contributed by atoms with van der Waals surface area (Å²) in [6.07, 6.45) is 2.35. The molecule has 0 aromatic carbocycles. The summed E-state index contributed by atoms with van der Waals surface area (Å²) in [5.41, 5.74) is 0. The van der Waals surface area contributed by atoms with E-state index in [1.165, 1.54) is 0 Å². The van der Waals surface area contributed by atoms with E-state index in [9.17, 15) is 0 Å². The molecule has 1 aliphatic heterocycles. The van der Waals surface area contributed by atoms with Crippen LogP contribution in [0.4, 0.5) is 0 Å². The Morgan fingerprint density at radius 2 is 2.00 bits per heavy atom. The molecular formula is C6H12S2Si. The van der Waals surface area contributed by atoms with Crippen molar-refractivity contribution in [1.29, 1.82) is 0 Å². The van der Waals surface area contributed by atoms with Crippen molar-refractivity contribution in [3.8, 4) is 0 Å². The maximum absolute atomic E-state index is 2.42. The minimum atomic E-state index is -0.869. The molecule has 0 saturated heterocycles. The Kier molecular flexibility index (Phi) is 2.35. The van der Waals surface area contributed by atoms with Crippen LogP contribution in [0, 0.1) is 0 Å². The molecule has 0 saturated carbocycles. The summed E-state index contributed by atoms with van der Waals surface area (Å²) in [5, 5.41) is 2.22. The average molecular weight is 176 g/mol. The van der Waals surface area contributed by atoms with Crippen LogP contribution in [0.2, 0.25) is 19.6 Å². The highest BCUT2D eigenvalue weighted by atomic mass is 33.1. The molecule has 0 fully saturated rings. The van der Waals surface area contributed by atoms with E-state index < -0.39 is 8.07 Å². The van der Waals surface area contributed by atoms with E-state index in [2.05, 4.69) is 31.1 Å². The molecule has 1 heterocycles. The van der Waals surface area contributed by atoms with Gasteiger partial charge < -0.3 is 0 Å². The van der Waals surface area contributed by atoms with E-state index in [4.69, 9.17) is 0 Å². The second kappa shape index (κ2) is 2.72. The molecule has 3 heteroatoms. The molecule has 1 unspecified atom stereocenters. The van der Waals surface area contributed by atoms with E-state index in [-0.39, 0.29) is 0 Å². The molecule has 0 spiro atoms. The first-order valence-corrected chi connectivity index (χ1v) is 8.95. The Morgan fingerprint density at radius 1 is 1.33 bits per heavy atom. The van der Waals surface area contributed by atoms with E-state index in [1.54, 1.807) is 0 Å². The topological polar surface area (TPSA) is 0 Å². The van der Waals surface area contributed by atoms with Crippen LogP contribution in [0.15, 0.2) is 11.5 Å². The summed E-state index contributed by atoms with van der Waals surface area (Å²) in [6.45, 7) is 7.25. The summed E-state index contributed by atoms with van der Waals surface area (Å²) in [4.78, 5) is 0.850. The van der Waals surface area contributed by atoms with E-state index >= 15 is 0 Å². The van der Waals surface area contributed by atoms with Gasteiger partial charge in [-0.3, -0.25) is 0 Å². The van der Waals surface area contributed by atoms with Gasteiger partial charge in [-0.15, -0.1) is 0 Å². The first kappa shape index (κ1) is 7.76. The van der Waals surface area contributed by atoms with Gasteiger partial charge in [0.25, 0.3) is 0 Å². The molecule has 0 amide bonds. The zero-order chi connectivity index (χ0) is 6.91. The molecule has 0 aliphatic carbocycles. The van der Waals surface area contributed by atoms with Crippen LogP contribution in [0.3, 0.4) is 0 Å². The van der Waals surface area contributed by atoms with Crippen molar-refractivity contribution in [2.75, 3.05) is 0 Å². The van der Waals surface area contributed by atoms with Gasteiger partial charge in [-0.05, 0) is 5.41 Å². The first-order valence-electron chi connectivity index (χ1n) is 3.09.